The number of pyridine rings is 1. The number of hydrogen-bond donors (Lipinski definition) is 1. The number of nitrogens with one attached hydrogen (secondary N) is 1. The molecule has 2 rings (SSSR count). The highest BCUT2D eigenvalue weighted by Crippen LogP contribution is 2.22. The molecule has 0 radical (unpaired) electrons. The first-order chi connectivity index (χ1) is 8.78. The lowest BCUT2D eigenvalue weighted by Crippen LogP contribution is -2.05. The van der Waals surface area contributed by atoms with Gasteiger partial charge >= 0.3 is 0 Å². The normalized spacial score (nSPS) is 10.3. The van der Waals surface area contributed by atoms with Crippen molar-refractivity contribution in [1.82, 2.24) is 15.0 Å². The van der Waals surface area contributed by atoms with E-state index in [9.17, 15) is 0 Å². The first-order valence-electron chi connectivity index (χ1n) is 5.64. The van der Waals surface area contributed by atoms with Crippen LogP contribution in [-0.4, -0.2) is 27.8 Å². The number of aromatic nitrogens is 3. The van der Waals surface area contributed by atoms with Crippen molar-refractivity contribution in [3.8, 4) is 6.07 Å². The zero-order chi connectivity index (χ0) is 13.0. The Labute approximate surface area is 110 Å². The standard InChI is InChI=1S/C12H13N5S/c1-3-4-14-11-10-8(5-9(6-13)16-11)7-15-12(17-10)18-2/h5,7H,3-4H2,1-2H3,(H,14,16). The van der Waals surface area contributed by atoms with Gasteiger partial charge < -0.3 is 5.32 Å². The van der Waals surface area contributed by atoms with Crippen LogP contribution in [0.1, 0.15) is 19.0 Å². The van der Waals surface area contributed by atoms with Crippen LogP contribution >= 0.6 is 11.8 Å². The lowest BCUT2D eigenvalue weighted by Gasteiger charge is -2.08. The van der Waals surface area contributed by atoms with Gasteiger partial charge in [-0.1, -0.05) is 18.7 Å². The number of anilines is 1. The summed E-state index contributed by atoms with van der Waals surface area (Å²) in [6, 6.07) is 3.76. The van der Waals surface area contributed by atoms with Crippen molar-refractivity contribution in [3.05, 3.63) is 18.0 Å². The topological polar surface area (TPSA) is 74.5 Å². The Bertz CT molecular complexity index is 605. The summed E-state index contributed by atoms with van der Waals surface area (Å²) in [5.41, 5.74) is 1.14. The minimum atomic E-state index is 0.376. The summed E-state index contributed by atoms with van der Waals surface area (Å²) in [4.78, 5) is 12.9. The molecule has 0 saturated heterocycles. The molecule has 0 atom stereocenters. The summed E-state index contributed by atoms with van der Waals surface area (Å²) in [6.07, 6.45) is 4.64. The number of nitriles is 1. The Morgan fingerprint density at radius 1 is 1.44 bits per heavy atom. The van der Waals surface area contributed by atoms with Crippen LogP contribution in [0.3, 0.4) is 0 Å². The predicted octanol–water partition coefficient (Wildman–Crippen LogP) is 2.44. The van der Waals surface area contributed by atoms with E-state index >= 15 is 0 Å². The van der Waals surface area contributed by atoms with Crippen LogP contribution in [0, 0.1) is 11.3 Å². The average molecular weight is 259 g/mol. The second kappa shape index (κ2) is 5.65. The van der Waals surface area contributed by atoms with Crippen LogP contribution < -0.4 is 5.32 Å². The zero-order valence-corrected chi connectivity index (χ0v) is 11.1. The van der Waals surface area contributed by atoms with E-state index in [2.05, 4.69) is 33.3 Å². The van der Waals surface area contributed by atoms with Crippen molar-refractivity contribution >= 4 is 28.5 Å². The smallest absolute Gasteiger partial charge is 0.187 e. The van der Waals surface area contributed by atoms with E-state index in [-0.39, 0.29) is 0 Å². The maximum atomic E-state index is 8.96. The van der Waals surface area contributed by atoms with Crippen LogP contribution in [-0.2, 0) is 0 Å². The minimum absolute atomic E-state index is 0.376. The molecule has 0 bridgehead atoms. The van der Waals surface area contributed by atoms with Gasteiger partial charge in [-0.15, -0.1) is 0 Å². The fourth-order valence-electron chi connectivity index (χ4n) is 1.55. The maximum Gasteiger partial charge on any atom is 0.187 e. The second-order valence-corrected chi connectivity index (χ2v) is 4.46. The lowest BCUT2D eigenvalue weighted by molar-refractivity contribution is 0.961. The van der Waals surface area contributed by atoms with E-state index in [4.69, 9.17) is 5.26 Å². The molecule has 0 amide bonds. The van der Waals surface area contributed by atoms with Crippen molar-refractivity contribution in [2.75, 3.05) is 18.1 Å². The molecule has 0 fully saturated rings. The van der Waals surface area contributed by atoms with Gasteiger partial charge in [0.2, 0.25) is 0 Å². The molecule has 0 aliphatic heterocycles. The third-order valence-corrected chi connectivity index (χ3v) is 2.95. The molecule has 6 heteroatoms. The van der Waals surface area contributed by atoms with Gasteiger partial charge in [-0.2, -0.15) is 5.26 Å². The zero-order valence-electron chi connectivity index (χ0n) is 10.3. The highest BCUT2D eigenvalue weighted by atomic mass is 32.2. The first-order valence-corrected chi connectivity index (χ1v) is 6.86. The Kier molecular flexibility index (Phi) is 3.95. The largest absolute Gasteiger partial charge is 0.368 e. The molecule has 1 N–H and O–H groups in total. The van der Waals surface area contributed by atoms with Crippen LogP contribution in [0.25, 0.3) is 10.9 Å². The van der Waals surface area contributed by atoms with Crippen molar-refractivity contribution in [3.63, 3.8) is 0 Å². The molecule has 92 valence electrons. The van der Waals surface area contributed by atoms with Crippen LogP contribution in [0.2, 0.25) is 0 Å². The number of rotatable bonds is 4. The first kappa shape index (κ1) is 12.6. The average Bonchev–Trinajstić information content (AvgIpc) is 2.43. The summed E-state index contributed by atoms with van der Waals surface area (Å²) < 4.78 is 0. The van der Waals surface area contributed by atoms with Crippen molar-refractivity contribution < 1.29 is 0 Å². The number of nitrogens with zero attached hydrogens (tertiary/aromatic N) is 4. The Morgan fingerprint density at radius 2 is 2.28 bits per heavy atom. The molecule has 5 nitrogen and oxygen atoms in total. The van der Waals surface area contributed by atoms with Gasteiger partial charge in [-0.3, -0.25) is 0 Å². The molecule has 18 heavy (non-hydrogen) atoms. The van der Waals surface area contributed by atoms with Gasteiger partial charge in [0.25, 0.3) is 0 Å². The Hall–Kier alpha value is -1.87. The third kappa shape index (κ3) is 2.51. The maximum absolute atomic E-state index is 8.96. The van der Waals surface area contributed by atoms with E-state index in [1.807, 2.05) is 6.26 Å². The third-order valence-electron chi connectivity index (χ3n) is 2.38. The predicted molar refractivity (Wildman–Crippen MR) is 72.6 cm³/mol. The van der Waals surface area contributed by atoms with E-state index in [1.165, 1.54) is 11.8 Å². The highest BCUT2D eigenvalue weighted by molar-refractivity contribution is 7.98. The molecule has 0 spiro atoms. The molecule has 2 aromatic heterocycles. The van der Waals surface area contributed by atoms with Gasteiger partial charge in [-0.05, 0) is 18.7 Å². The summed E-state index contributed by atoms with van der Waals surface area (Å²) in [7, 11) is 0. The summed E-state index contributed by atoms with van der Waals surface area (Å²) >= 11 is 1.48. The molecule has 0 aliphatic rings. The van der Waals surface area contributed by atoms with Crippen molar-refractivity contribution in [2.24, 2.45) is 0 Å². The van der Waals surface area contributed by atoms with Gasteiger partial charge in [-0.25, -0.2) is 15.0 Å². The molecule has 0 unspecified atom stereocenters. The van der Waals surface area contributed by atoms with E-state index < -0.39 is 0 Å². The fourth-order valence-corrected chi connectivity index (χ4v) is 1.89. The van der Waals surface area contributed by atoms with Gasteiger partial charge in [0.1, 0.15) is 17.3 Å². The summed E-state index contributed by atoms with van der Waals surface area (Å²) in [5.74, 6) is 0.656. The second-order valence-electron chi connectivity index (χ2n) is 3.69. The van der Waals surface area contributed by atoms with Gasteiger partial charge in [0.15, 0.2) is 11.0 Å². The van der Waals surface area contributed by atoms with Crippen molar-refractivity contribution in [2.45, 2.75) is 18.5 Å². The summed E-state index contributed by atoms with van der Waals surface area (Å²) in [5, 5.41) is 13.7. The number of thioether (sulfide) groups is 1. The van der Waals surface area contributed by atoms with Crippen LogP contribution in [0.5, 0.6) is 0 Å². The van der Waals surface area contributed by atoms with Gasteiger partial charge in [0.05, 0.1) is 0 Å². The molecular formula is C12H13N5S. The van der Waals surface area contributed by atoms with Crippen LogP contribution in [0.4, 0.5) is 5.82 Å². The van der Waals surface area contributed by atoms with Crippen LogP contribution in [0.15, 0.2) is 17.4 Å². The van der Waals surface area contributed by atoms with E-state index in [0.717, 1.165) is 23.9 Å². The molecule has 2 aromatic rings. The lowest BCUT2D eigenvalue weighted by atomic mass is 10.2. The minimum Gasteiger partial charge on any atom is -0.368 e. The molecular weight excluding hydrogens is 246 g/mol. The Balaban J connectivity index is 2.58. The molecule has 0 aromatic carbocycles. The fraction of sp³-hybridized carbons (Fsp3) is 0.333. The van der Waals surface area contributed by atoms with E-state index in [0.29, 0.717) is 16.7 Å². The monoisotopic (exact) mass is 259 g/mol. The Morgan fingerprint density at radius 3 is 2.94 bits per heavy atom. The SMILES string of the molecule is CCCNc1nc(C#N)cc2cnc(SC)nc12. The quantitative estimate of drug-likeness (QED) is 0.671. The van der Waals surface area contributed by atoms with E-state index in [1.54, 1.807) is 12.3 Å². The van der Waals surface area contributed by atoms with Gasteiger partial charge in [0, 0.05) is 18.1 Å². The molecule has 0 aliphatic carbocycles. The number of hydrogen-bond acceptors (Lipinski definition) is 6. The summed E-state index contributed by atoms with van der Waals surface area (Å²) in [6.45, 7) is 2.88. The van der Waals surface area contributed by atoms with Crippen molar-refractivity contribution in [1.29, 1.82) is 5.26 Å². The number of fused-ring (bicyclic) bond motifs is 1. The molecule has 2 heterocycles. The highest BCUT2D eigenvalue weighted by Gasteiger charge is 2.08. The molecule has 0 saturated carbocycles.